The summed E-state index contributed by atoms with van der Waals surface area (Å²) in [5.74, 6) is -0.707. The van der Waals surface area contributed by atoms with Gasteiger partial charge in [0.05, 0.1) is 11.2 Å². The summed E-state index contributed by atoms with van der Waals surface area (Å²) in [7, 11) is 1.35. The Labute approximate surface area is 143 Å². The van der Waals surface area contributed by atoms with Crippen LogP contribution in [0.3, 0.4) is 0 Å². The molecular weight excluding hydrogens is 328 g/mol. The number of hydrogen-bond acceptors (Lipinski definition) is 6. The van der Waals surface area contributed by atoms with E-state index < -0.39 is 5.91 Å². The molecule has 0 radical (unpaired) electrons. The van der Waals surface area contributed by atoms with Gasteiger partial charge in [0, 0.05) is 17.9 Å². The van der Waals surface area contributed by atoms with Crippen LogP contribution in [0.1, 0.15) is 18.1 Å². The minimum Gasteiger partial charge on any atom is -0.398 e. The van der Waals surface area contributed by atoms with Crippen LogP contribution in [0.5, 0.6) is 0 Å². The van der Waals surface area contributed by atoms with Crippen molar-refractivity contribution in [1.29, 1.82) is 0 Å². The number of hydrazone groups is 1. The van der Waals surface area contributed by atoms with Crippen molar-refractivity contribution in [3.05, 3.63) is 52.9 Å². The normalized spacial score (nSPS) is 11.3. The van der Waals surface area contributed by atoms with Crippen LogP contribution in [-0.2, 0) is 14.4 Å². The molecule has 124 valence electrons. The van der Waals surface area contributed by atoms with E-state index >= 15 is 0 Å². The van der Waals surface area contributed by atoms with Crippen LogP contribution in [0.4, 0.5) is 5.00 Å². The molecule has 2 aromatic rings. The largest absolute Gasteiger partial charge is 0.398 e. The second kappa shape index (κ2) is 8.59. The van der Waals surface area contributed by atoms with Crippen molar-refractivity contribution < 1.29 is 14.4 Å². The molecule has 0 saturated carbocycles. The lowest BCUT2D eigenvalue weighted by atomic mass is 10.2. The molecule has 0 spiro atoms. The van der Waals surface area contributed by atoms with E-state index in [0.29, 0.717) is 10.6 Å². The first-order valence-electron chi connectivity index (χ1n) is 6.96. The maximum Gasteiger partial charge on any atom is 0.294 e. The third-order valence-corrected chi connectivity index (χ3v) is 3.59. The number of nitrogens with zero attached hydrogens (tertiary/aromatic N) is 2. The minimum atomic E-state index is -0.517. The predicted molar refractivity (Wildman–Crippen MR) is 94.3 cm³/mol. The Morgan fingerprint density at radius 2 is 2.00 bits per heavy atom. The van der Waals surface area contributed by atoms with E-state index in [1.54, 1.807) is 11.4 Å². The summed E-state index contributed by atoms with van der Waals surface area (Å²) in [5, 5.41) is 12.6. The third kappa shape index (κ3) is 5.03. The van der Waals surface area contributed by atoms with E-state index in [2.05, 4.69) is 21.0 Å². The summed E-state index contributed by atoms with van der Waals surface area (Å²) in [6.07, 6.45) is 1.53. The average Bonchev–Trinajstić information content (AvgIpc) is 3.00. The first kappa shape index (κ1) is 17.4. The Kier molecular flexibility index (Phi) is 6.21. The van der Waals surface area contributed by atoms with E-state index in [9.17, 15) is 9.59 Å². The monoisotopic (exact) mass is 344 g/mol. The number of anilines is 1. The molecule has 2 amide bonds. The average molecular weight is 344 g/mol. The first-order valence-corrected chi connectivity index (χ1v) is 7.84. The number of benzene rings is 1. The Hall–Kier alpha value is -3.00. The number of hydrogen-bond donors (Lipinski definition) is 2. The van der Waals surface area contributed by atoms with Crippen LogP contribution < -0.4 is 10.7 Å². The lowest BCUT2D eigenvalue weighted by Crippen LogP contribution is -2.28. The molecule has 1 heterocycles. The van der Waals surface area contributed by atoms with Crippen LogP contribution in [-0.4, -0.2) is 30.9 Å². The van der Waals surface area contributed by atoms with Gasteiger partial charge in [-0.3, -0.25) is 9.59 Å². The standard InChI is InChI=1S/C16H16N4O3S/c1-11(21)18-14-8-13(10-24-14)15(20-23-2)16(22)19-17-9-12-6-4-3-5-7-12/h3-10H,1-2H3,(H,18,21)(H,19,22)/b17-9+,20-15+. The maximum absolute atomic E-state index is 12.2. The highest BCUT2D eigenvalue weighted by molar-refractivity contribution is 7.14. The van der Waals surface area contributed by atoms with E-state index in [-0.39, 0.29) is 11.6 Å². The zero-order valence-electron chi connectivity index (χ0n) is 13.1. The quantitative estimate of drug-likeness (QED) is 0.621. The van der Waals surface area contributed by atoms with Crippen LogP contribution >= 0.6 is 11.3 Å². The summed E-state index contributed by atoms with van der Waals surface area (Å²) in [4.78, 5) is 28.0. The number of carbonyl (C=O) groups excluding carboxylic acids is 2. The topological polar surface area (TPSA) is 92.2 Å². The fourth-order valence-corrected chi connectivity index (χ4v) is 2.60. The Balaban J connectivity index is 2.08. The van der Waals surface area contributed by atoms with Gasteiger partial charge in [-0.1, -0.05) is 35.5 Å². The number of carbonyl (C=O) groups is 2. The molecule has 2 N–H and O–H groups in total. The number of rotatable bonds is 6. The van der Waals surface area contributed by atoms with Crippen molar-refractivity contribution in [2.75, 3.05) is 12.4 Å². The van der Waals surface area contributed by atoms with Gasteiger partial charge in [0.2, 0.25) is 5.91 Å². The van der Waals surface area contributed by atoms with E-state index in [1.165, 1.54) is 31.6 Å². The molecule has 0 fully saturated rings. The van der Waals surface area contributed by atoms with Crippen LogP contribution in [0.2, 0.25) is 0 Å². The number of oxime groups is 1. The molecule has 24 heavy (non-hydrogen) atoms. The van der Waals surface area contributed by atoms with Gasteiger partial charge in [-0.2, -0.15) is 5.10 Å². The highest BCUT2D eigenvalue weighted by atomic mass is 32.1. The molecule has 0 aliphatic carbocycles. The van der Waals surface area contributed by atoms with Gasteiger partial charge in [0.1, 0.15) is 7.11 Å². The smallest absolute Gasteiger partial charge is 0.294 e. The lowest BCUT2D eigenvalue weighted by molar-refractivity contribution is -0.115. The van der Waals surface area contributed by atoms with Crippen molar-refractivity contribution in [2.45, 2.75) is 6.92 Å². The van der Waals surface area contributed by atoms with Gasteiger partial charge in [-0.05, 0) is 11.6 Å². The summed E-state index contributed by atoms with van der Waals surface area (Å²) < 4.78 is 0. The van der Waals surface area contributed by atoms with Gasteiger partial charge in [-0.25, -0.2) is 5.43 Å². The molecule has 2 rings (SSSR count). The Bertz CT molecular complexity index is 769. The van der Waals surface area contributed by atoms with Gasteiger partial charge in [0.15, 0.2) is 5.71 Å². The minimum absolute atomic E-state index is 0.0653. The zero-order valence-corrected chi connectivity index (χ0v) is 14.0. The molecule has 0 unspecified atom stereocenters. The lowest BCUT2D eigenvalue weighted by Gasteiger charge is -2.02. The van der Waals surface area contributed by atoms with E-state index in [4.69, 9.17) is 4.84 Å². The van der Waals surface area contributed by atoms with E-state index in [1.807, 2.05) is 30.3 Å². The fourth-order valence-electron chi connectivity index (χ4n) is 1.77. The van der Waals surface area contributed by atoms with Gasteiger partial charge in [0.25, 0.3) is 5.91 Å². The summed E-state index contributed by atoms with van der Waals surface area (Å²) >= 11 is 1.28. The molecule has 7 nitrogen and oxygen atoms in total. The van der Waals surface area contributed by atoms with Crippen molar-refractivity contribution in [2.24, 2.45) is 10.3 Å². The SMILES string of the molecule is CO/N=C(/C(=O)N/N=C/c1ccccc1)c1csc(NC(C)=O)c1. The van der Waals surface area contributed by atoms with Crippen molar-refractivity contribution in [1.82, 2.24) is 5.43 Å². The number of nitrogens with one attached hydrogen (secondary N) is 2. The highest BCUT2D eigenvalue weighted by Gasteiger charge is 2.17. The van der Waals surface area contributed by atoms with Gasteiger partial charge < -0.3 is 10.2 Å². The van der Waals surface area contributed by atoms with Gasteiger partial charge in [-0.15, -0.1) is 11.3 Å². The molecule has 0 aliphatic heterocycles. The molecule has 1 aromatic heterocycles. The van der Waals surface area contributed by atoms with E-state index in [0.717, 1.165) is 5.56 Å². The molecule has 0 aliphatic rings. The molecule has 0 saturated heterocycles. The summed E-state index contributed by atoms with van der Waals surface area (Å²) in [5.41, 5.74) is 3.85. The predicted octanol–water partition coefficient (Wildman–Crippen LogP) is 2.21. The van der Waals surface area contributed by atoms with Crippen molar-refractivity contribution in [3.8, 4) is 0 Å². The van der Waals surface area contributed by atoms with Crippen molar-refractivity contribution in [3.63, 3.8) is 0 Å². The number of thiophene rings is 1. The van der Waals surface area contributed by atoms with Crippen molar-refractivity contribution >= 4 is 40.1 Å². The maximum atomic E-state index is 12.2. The van der Waals surface area contributed by atoms with Crippen LogP contribution in [0.15, 0.2) is 52.0 Å². The second-order valence-corrected chi connectivity index (χ2v) is 5.52. The first-order chi connectivity index (χ1) is 11.6. The summed E-state index contributed by atoms with van der Waals surface area (Å²) in [6.45, 7) is 1.41. The molecular formula is C16H16N4O3S. The Morgan fingerprint density at radius 1 is 1.25 bits per heavy atom. The summed E-state index contributed by atoms with van der Waals surface area (Å²) in [6, 6.07) is 11.0. The Morgan fingerprint density at radius 3 is 2.67 bits per heavy atom. The van der Waals surface area contributed by atoms with Crippen LogP contribution in [0.25, 0.3) is 0 Å². The highest BCUT2D eigenvalue weighted by Crippen LogP contribution is 2.21. The number of amides is 2. The molecule has 8 heteroatoms. The van der Waals surface area contributed by atoms with Crippen LogP contribution in [0, 0.1) is 0 Å². The zero-order chi connectivity index (χ0) is 17.4. The van der Waals surface area contributed by atoms with Gasteiger partial charge >= 0.3 is 0 Å². The second-order valence-electron chi connectivity index (χ2n) is 4.61. The third-order valence-electron chi connectivity index (χ3n) is 2.75. The molecule has 0 bridgehead atoms. The molecule has 0 atom stereocenters. The molecule has 1 aromatic carbocycles. The fraction of sp³-hybridized carbons (Fsp3) is 0.125.